The van der Waals surface area contributed by atoms with Gasteiger partial charge in [0.15, 0.2) is 0 Å². The molecule has 2 aromatic carbocycles. The van der Waals surface area contributed by atoms with Gasteiger partial charge in [-0.25, -0.2) is 20.2 Å². The van der Waals surface area contributed by atoms with Crippen molar-refractivity contribution in [1.29, 1.82) is 0 Å². The van der Waals surface area contributed by atoms with E-state index in [0.29, 0.717) is 32.8 Å². The van der Waals surface area contributed by atoms with Gasteiger partial charge in [0.25, 0.3) is 11.1 Å². The summed E-state index contributed by atoms with van der Waals surface area (Å²) in [6.07, 6.45) is 2.23. The van der Waals surface area contributed by atoms with Crippen molar-refractivity contribution >= 4 is 47.4 Å². The summed E-state index contributed by atoms with van der Waals surface area (Å²) in [6.45, 7) is 3.30. The van der Waals surface area contributed by atoms with Crippen molar-refractivity contribution in [2.24, 2.45) is 10.2 Å². The molecule has 14 heteroatoms. The number of aryl methyl sites for hydroxylation is 2. The molecule has 2 heterocycles. The Balaban J connectivity index is 1.39. The van der Waals surface area contributed by atoms with Gasteiger partial charge in [0.1, 0.15) is 0 Å². The maximum absolute atomic E-state index is 12.7. The van der Waals surface area contributed by atoms with E-state index in [9.17, 15) is 19.2 Å². The second kappa shape index (κ2) is 11.2. The first kappa shape index (κ1) is 26.4. The molecule has 4 aromatic rings. The highest BCUT2D eigenvalue weighted by atomic mass is 35.5. The highest BCUT2D eigenvalue weighted by molar-refractivity contribution is 6.35. The number of hydrazone groups is 2. The topological polar surface area (TPSA) is 158 Å². The summed E-state index contributed by atoms with van der Waals surface area (Å²) in [6, 6.07) is 13.3. The highest BCUT2D eigenvalue weighted by Crippen LogP contribution is 2.14. The Bertz CT molecular complexity index is 1580. The summed E-state index contributed by atoms with van der Waals surface area (Å²) in [5, 5.41) is 14.1. The van der Waals surface area contributed by atoms with Crippen molar-refractivity contribution in [3.05, 3.63) is 102 Å². The van der Waals surface area contributed by atoms with E-state index < -0.39 is 22.9 Å². The molecular formula is C24H20Cl2N8O4. The van der Waals surface area contributed by atoms with Crippen LogP contribution in [0.15, 0.2) is 68.3 Å². The van der Waals surface area contributed by atoms with Gasteiger partial charge >= 0.3 is 11.8 Å². The second-order valence-electron chi connectivity index (χ2n) is 7.94. The lowest BCUT2D eigenvalue weighted by Crippen LogP contribution is -2.35. The molecule has 2 aromatic heterocycles. The summed E-state index contributed by atoms with van der Waals surface area (Å²) in [7, 11) is 0. The third-order valence-corrected chi connectivity index (χ3v) is 5.76. The molecule has 0 unspecified atom stereocenters. The number of nitrogens with one attached hydrogen (secondary N) is 4. The minimum absolute atomic E-state index is 0.169. The van der Waals surface area contributed by atoms with Gasteiger partial charge in [0.2, 0.25) is 0 Å². The summed E-state index contributed by atoms with van der Waals surface area (Å²) in [5.41, 5.74) is 5.52. The fraction of sp³-hybridized carbons (Fsp3) is 0.0833. The average molecular weight is 555 g/mol. The lowest BCUT2D eigenvalue weighted by atomic mass is 10.3. The molecule has 194 valence electrons. The van der Waals surface area contributed by atoms with E-state index in [1.807, 2.05) is 10.9 Å². The zero-order valence-corrected chi connectivity index (χ0v) is 21.5. The van der Waals surface area contributed by atoms with Crippen LogP contribution in [0.3, 0.4) is 0 Å². The summed E-state index contributed by atoms with van der Waals surface area (Å²) in [4.78, 5) is 49.5. The number of H-pyrrole nitrogens is 2. The van der Waals surface area contributed by atoms with E-state index in [1.54, 1.807) is 62.4 Å². The Labute approximate surface area is 224 Å². The fourth-order valence-corrected chi connectivity index (χ4v) is 3.80. The van der Waals surface area contributed by atoms with Crippen LogP contribution in [0.2, 0.25) is 10.0 Å². The van der Waals surface area contributed by atoms with E-state index in [-0.39, 0.29) is 11.1 Å². The number of amides is 2. The Hall–Kier alpha value is -4.68. The van der Waals surface area contributed by atoms with Crippen molar-refractivity contribution in [3.8, 4) is 11.4 Å². The molecule has 0 fully saturated rings. The normalized spacial score (nSPS) is 11.4. The molecule has 0 saturated heterocycles. The molecule has 12 nitrogen and oxygen atoms in total. The summed E-state index contributed by atoms with van der Waals surface area (Å²) in [5.74, 6) is -2.27. The van der Waals surface area contributed by atoms with E-state index in [0.717, 1.165) is 12.4 Å². The van der Waals surface area contributed by atoms with Crippen LogP contribution in [0.25, 0.3) is 11.4 Å². The minimum Gasteiger partial charge on any atom is -0.295 e. The van der Waals surface area contributed by atoms with Gasteiger partial charge < -0.3 is 0 Å². The van der Waals surface area contributed by atoms with Gasteiger partial charge in [-0.1, -0.05) is 35.3 Å². The number of aromatic nitrogens is 4. The molecule has 4 N–H and O–H groups in total. The quantitative estimate of drug-likeness (QED) is 0.163. The van der Waals surface area contributed by atoms with Crippen LogP contribution in [0, 0.1) is 13.8 Å². The van der Waals surface area contributed by atoms with Crippen LogP contribution in [-0.2, 0) is 9.59 Å². The van der Waals surface area contributed by atoms with Crippen molar-refractivity contribution in [3.63, 3.8) is 0 Å². The maximum Gasteiger partial charge on any atom is 0.331 e. The van der Waals surface area contributed by atoms with Gasteiger partial charge in [0.05, 0.1) is 34.9 Å². The zero-order valence-electron chi connectivity index (χ0n) is 20.0. The average Bonchev–Trinajstić information content (AvgIpc) is 3.33. The first-order valence-corrected chi connectivity index (χ1v) is 11.7. The maximum atomic E-state index is 12.7. The van der Waals surface area contributed by atoms with Crippen LogP contribution in [0.5, 0.6) is 0 Å². The van der Waals surface area contributed by atoms with Crippen LogP contribution >= 0.6 is 23.2 Å². The Morgan fingerprint density at radius 1 is 0.763 bits per heavy atom. The van der Waals surface area contributed by atoms with Crippen LogP contribution in [0.1, 0.15) is 22.5 Å². The number of rotatable bonds is 6. The number of hydrogen-bond acceptors (Lipinski definition) is 6. The summed E-state index contributed by atoms with van der Waals surface area (Å²) < 4.78 is 2.55. The molecule has 2 amide bonds. The van der Waals surface area contributed by atoms with E-state index >= 15 is 0 Å². The number of aromatic amines is 2. The number of carbonyl (C=O) groups is 2. The smallest absolute Gasteiger partial charge is 0.295 e. The molecule has 38 heavy (non-hydrogen) atoms. The predicted molar refractivity (Wildman–Crippen MR) is 144 cm³/mol. The number of halogens is 2. The second-order valence-corrected chi connectivity index (χ2v) is 8.81. The molecule has 0 aliphatic heterocycles. The third-order valence-electron chi connectivity index (χ3n) is 5.29. The fourth-order valence-electron chi connectivity index (χ4n) is 3.43. The lowest BCUT2D eigenvalue weighted by Gasteiger charge is -2.01. The van der Waals surface area contributed by atoms with Crippen molar-refractivity contribution in [1.82, 2.24) is 30.4 Å². The van der Waals surface area contributed by atoms with E-state index in [2.05, 4.69) is 20.4 Å². The number of nitrogens with zero attached hydrogens (tertiary/aromatic N) is 4. The molecule has 0 bridgehead atoms. The van der Waals surface area contributed by atoms with E-state index in [1.165, 1.54) is 9.36 Å². The predicted octanol–water partition coefficient (Wildman–Crippen LogP) is 2.17. The number of benzene rings is 2. The molecule has 0 atom stereocenters. The molecule has 0 aliphatic rings. The number of carbonyl (C=O) groups excluding carboxylic acids is 2. The zero-order chi connectivity index (χ0) is 27.4. The lowest BCUT2D eigenvalue weighted by molar-refractivity contribution is -0.139. The van der Waals surface area contributed by atoms with Gasteiger partial charge in [-0.3, -0.25) is 29.4 Å². The molecule has 0 saturated carbocycles. The monoisotopic (exact) mass is 554 g/mol. The standard InChI is InChI=1S/C24H20Cl2N8O4/c1-13-19(23(37)33(31-13)17-7-3-5-15(25)9-17)11-27-29-21(35)22(36)30-28-12-20-14(2)32-34(24(20)38)18-8-4-6-16(26)10-18/h3-12,31-32H,1-2H3,(H,29,35)(H,30,36)/b27-11+,28-12+. The van der Waals surface area contributed by atoms with Gasteiger partial charge in [-0.05, 0) is 50.2 Å². The van der Waals surface area contributed by atoms with Gasteiger partial charge in [0, 0.05) is 21.4 Å². The van der Waals surface area contributed by atoms with Gasteiger partial charge in [-0.15, -0.1) is 0 Å². The first-order valence-electron chi connectivity index (χ1n) is 11.0. The Kier molecular flexibility index (Phi) is 7.74. The van der Waals surface area contributed by atoms with E-state index in [4.69, 9.17) is 23.2 Å². The SMILES string of the molecule is Cc1[nH]n(-c2cccc(Cl)c2)c(=O)c1/C=N/NC(=O)C(=O)N/N=C/c1c(C)[nH]n(-c2cccc(Cl)c2)c1=O. The Morgan fingerprint density at radius 3 is 1.53 bits per heavy atom. The van der Waals surface area contributed by atoms with Crippen molar-refractivity contribution < 1.29 is 9.59 Å². The largest absolute Gasteiger partial charge is 0.331 e. The minimum atomic E-state index is -1.14. The van der Waals surface area contributed by atoms with Crippen molar-refractivity contribution in [2.75, 3.05) is 0 Å². The molecular weight excluding hydrogens is 535 g/mol. The first-order chi connectivity index (χ1) is 18.2. The molecule has 0 spiro atoms. The van der Waals surface area contributed by atoms with Crippen LogP contribution in [0.4, 0.5) is 0 Å². The third kappa shape index (κ3) is 5.66. The summed E-state index contributed by atoms with van der Waals surface area (Å²) >= 11 is 12.0. The highest BCUT2D eigenvalue weighted by Gasteiger charge is 2.15. The molecule has 4 rings (SSSR count). The Morgan fingerprint density at radius 2 is 1.16 bits per heavy atom. The molecule has 0 radical (unpaired) electrons. The molecule has 0 aliphatic carbocycles. The number of hydrogen-bond donors (Lipinski definition) is 4. The van der Waals surface area contributed by atoms with Crippen LogP contribution < -0.4 is 22.0 Å². The van der Waals surface area contributed by atoms with Crippen molar-refractivity contribution in [2.45, 2.75) is 13.8 Å². The van der Waals surface area contributed by atoms with Crippen LogP contribution in [-0.4, -0.2) is 43.8 Å². The van der Waals surface area contributed by atoms with Gasteiger partial charge in [-0.2, -0.15) is 10.2 Å².